The summed E-state index contributed by atoms with van der Waals surface area (Å²) < 4.78 is 0. The first-order chi connectivity index (χ1) is 8.01. The number of nitrogen functional groups attached to an aromatic ring is 1. The van der Waals surface area contributed by atoms with Gasteiger partial charge in [-0.3, -0.25) is 20.3 Å². The summed E-state index contributed by atoms with van der Waals surface area (Å²) in [4.78, 5) is 22.1. The van der Waals surface area contributed by atoms with Crippen LogP contribution in [0.4, 0.5) is 5.69 Å². The van der Waals surface area contributed by atoms with Gasteiger partial charge in [0.25, 0.3) is 11.6 Å². The fourth-order valence-electron chi connectivity index (χ4n) is 1.21. The fourth-order valence-corrected chi connectivity index (χ4v) is 2.33. The van der Waals surface area contributed by atoms with Gasteiger partial charge in [-0.15, -0.1) is 11.8 Å². The van der Waals surface area contributed by atoms with Crippen LogP contribution in [0, 0.1) is 10.1 Å². The Morgan fingerprint density at radius 2 is 2.29 bits per heavy atom. The van der Waals surface area contributed by atoms with Gasteiger partial charge in [-0.1, -0.05) is 18.5 Å². The van der Waals surface area contributed by atoms with Crippen LogP contribution in [0.3, 0.4) is 0 Å². The highest BCUT2D eigenvalue weighted by atomic mass is 35.5. The number of amides is 1. The third kappa shape index (κ3) is 3.09. The molecule has 0 aromatic heterocycles. The summed E-state index contributed by atoms with van der Waals surface area (Å²) in [5, 5.41) is 10.7. The summed E-state index contributed by atoms with van der Waals surface area (Å²) in [6, 6.07) is 2.53. The molecule has 17 heavy (non-hydrogen) atoms. The summed E-state index contributed by atoms with van der Waals surface area (Å²) in [5.74, 6) is 5.15. The SMILES string of the molecule is CCSc1cc(Cl)c([N+](=O)[O-])cc1C(=O)NN. The van der Waals surface area contributed by atoms with E-state index in [4.69, 9.17) is 17.4 Å². The van der Waals surface area contributed by atoms with Gasteiger partial charge in [-0.25, -0.2) is 5.84 Å². The smallest absolute Gasteiger partial charge is 0.288 e. The summed E-state index contributed by atoms with van der Waals surface area (Å²) in [6.45, 7) is 1.89. The van der Waals surface area contributed by atoms with Gasteiger partial charge in [0.15, 0.2) is 0 Å². The second-order valence-electron chi connectivity index (χ2n) is 2.96. The van der Waals surface area contributed by atoms with Crippen molar-refractivity contribution in [2.24, 2.45) is 5.84 Å². The molecule has 0 heterocycles. The number of nitro benzene ring substituents is 1. The van der Waals surface area contributed by atoms with Crippen LogP contribution in [0.2, 0.25) is 5.02 Å². The predicted octanol–water partition coefficient (Wildman–Crippen LogP) is 1.96. The number of nitrogens with zero attached hydrogens (tertiary/aromatic N) is 1. The van der Waals surface area contributed by atoms with Crippen molar-refractivity contribution >= 4 is 35.0 Å². The van der Waals surface area contributed by atoms with Gasteiger partial charge in [0.05, 0.1) is 10.5 Å². The Bertz CT molecular complexity index is 467. The number of hydrazine groups is 1. The highest BCUT2D eigenvalue weighted by Gasteiger charge is 2.20. The van der Waals surface area contributed by atoms with Crippen molar-refractivity contribution in [3.05, 3.63) is 32.8 Å². The highest BCUT2D eigenvalue weighted by molar-refractivity contribution is 7.99. The van der Waals surface area contributed by atoms with Gasteiger partial charge in [0, 0.05) is 11.0 Å². The number of halogens is 1. The minimum Gasteiger partial charge on any atom is -0.290 e. The van der Waals surface area contributed by atoms with Crippen LogP contribution in [0.15, 0.2) is 17.0 Å². The number of rotatable bonds is 4. The standard InChI is InChI=1S/C9H10ClN3O3S/c1-2-17-8-4-6(10)7(13(15)16)3-5(8)9(14)12-11/h3-4H,2,11H2,1H3,(H,12,14). The molecule has 3 N–H and O–H groups in total. The molecule has 0 unspecified atom stereocenters. The van der Waals surface area contributed by atoms with Crippen molar-refractivity contribution in [3.63, 3.8) is 0 Å². The second-order valence-corrected chi connectivity index (χ2v) is 4.68. The molecule has 1 amide bonds. The number of thioether (sulfide) groups is 1. The third-order valence-electron chi connectivity index (χ3n) is 1.92. The van der Waals surface area contributed by atoms with E-state index in [0.717, 1.165) is 6.07 Å². The highest BCUT2D eigenvalue weighted by Crippen LogP contribution is 2.33. The zero-order chi connectivity index (χ0) is 13.0. The molecule has 0 aliphatic rings. The molecule has 0 fully saturated rings. The van der Waals surface area contributed by atoms with Crippen LogP contribution in [-0.2, 0) is 0 Å². The minimum absolute atomic E-state index is 0.000443. The molecule has 0 saturated carbocycles. The molecule has 0 saturated heterocycles. The van der Waals surface area contributed by atoms with E-state index in [0.29, 0.717) is 10.6 Å². The molecular formula is C9H10ClN3O3S. The van der Waals surface area contributed by atoms with Gasteiger partial charge >= 0.3 is 0 Å². The molecule has 1 aromatic rings. The third-order valence-corrected chi connectivity index (χ3v) is 3.16. The van der Waals surface area contributed by atoms with Crippen LogP contribution >= 0.6 is 23.4 Å². The van der Waals surface area contributed by atoms with Gasteiger partial charge in [0.2, 0.25) is 0 Å². The van der Waals surface area contributed by atoms with E-state index in [9.17, 15) is 14.9 Å². The lowest BCUT2D eigenvalue weighted by molar-refractivity contribution is -0.384. The minimum atomic E-state index is -0.643. The maximum Gasteiger partial charge on any atom is 0.288 e. The van der Waals surface area contributed by atoms with Gasteiger partial charge in [-0.05, 0) is 11.8 Å². The molecule has 8 heteroatoms. The Labute approximate surface area is 107 Å². The number of nitrogens with two attached hydrogens (primary N) is 1. The normalized spacial score (nSPS) is 10.1. The van der Waals surface area contributed by atoms with Gasteiger partial charge in [0.1, 0.15) is 5.02 Å². The number of nitrogens with one attached hydrogen (secondary N) is 1. The molecule has 1 rings (SSSR count). The molecule has 1 aromatic carbocycles. The number of carbonyl (C=O) groups is 1. The molecule has 92 valence electrons. The maximum absolute atomic E-state index is 11.5. The first-order valence-electron chi connectivity index (χ1n) is 4.63. The Hall–Kier alpha value is -1.31. The molecule has 0 aliphatic carbocycles. The average molecular weight is 276 g/mol. The van der Waals surface area contributed by atoms with Crippen molar-refractivity contribution in [3.8, 4) is 0 Å². The summed E-state index contributed by atoms with van der Waals surface area (Å²) in [5.41, 5.74) is 1.78. The van der Waals surface area contributed by atoms with E-state index < -0.39 is 10.8 Å². The molecule has 0 radical (unpaired) electrons. The fraction of sp³-hybridized carbons (Fsp3) is 0.222. The zero-order valence-corrected chi connectivity index (χ0v) is 10.5. The van der Waals surface area contributed by atoms with E-state index in [-0.39, 0.29) is 16.3 Å². The molecule has 0 spiro atoms. The predicted molar refractivity (Wildman–Crippen MR) is 66.2 cm³/mol. The Morgan fingerprint density at radius 3 is 2.76 bits per heavy atom. The maximum atomic E-state index is 11.5. The van der Waals surface area contributed by atoms with E-state index in [1.807, 2.05) is 12.3 Å². The number of nitro groups is 1. The van der Waals surface area contributed by atoms with Crippen molar-refractivity contribution in [2.75, 3.05) is 5.75 Å². The van der Waals surface area contributed by atoms with E-state index in [1.165, 1.54) is 17.8 Å². The topological polar surface area (TPSA) is 98.3 Å². The lowest BCUT2D eigenvalue weighted by Gasteiger charge is -2.07. The lowest BCUT2D eigenvalue weighted by atomic mass is 10.2. The zero-order valence-electron chi connectivity index (χ0n) is 8.90. The summed E-state index contributed by atoms with van der Waals surface area (Å²) >= 11 is 7.12. The van der Waals surface area contributed by atoms with Crippen molar-refractivity contribution < 1.29 is 9.72 Å². The number of carbonyl (C=O) groups excluding carboxylic acids is 1. The van der Waals surface area contributed by atoms with E-state index in [1.54, 1.807) is 0 Å². The van der Waals surface area contributed by atoms with Gasteiger partial charge in [-0.2, -0.15) is 0 Å². The van der Waals surface area contributed by atoms with Crippen LogP contribution in [0.1, 0.15) is 17.3 Å². The monoisotopic (exact) mass is 275 g/mol. The Morgan fingerprint density at radius 1 is 1.65 bits per heavy atom. The lowest BCUT2D eigenvalue weighted by Crippen LogP contribution is -2.30. The molecular weight excluding hydrogens is 266 g/mol. The van der Waals surface area contributed by atoms with Crippen LogP contribution in [0.25, 0.3) is 0 Å². The molecule has 0 aliphatic heterocycles. The largest absolute Gasteiger partial charge is 0.290 e. The van der Waals surface area contributed by atoms with Crippen LogP contribution < -0.4 is 11.3 Å². The average Bonchev–Trinajstić information content (AvgIpc) is 2.28. The van der Waals surface area contributed by atoms with Crippen molar-refractivity contribution in [1.82, 2.24) is 5.43 Å². The summed E-state index contributed by atoms with van der Waals surface area (Å²) in [6.07, 6.45) is 0. The summed E-state index contributed by atoms with van der Waals surface area (Å²) in [7, 11) is 0. The van der Waals surface area contributed by atoms with E-state index >= 15 is 0 Å². The first kappa shape index (κ1) is 13.8. The number of benzene rings is 1. The van der Waals surface area contributed by atoms with Gasteiger partial charge < -0.3 is 0 Å². The Kier molecular flexibility index (Phi) is 4.73. The quantitative estimate of drug-likeness (QED) is 0.288. The molecule has 0 atom stereocenters. The van der Waals surface area contributed by atoms with Crippen LogP contribution in [0.5, 0.6) is 0 Å². The number of hydrogen-bond donors (Lipinski definition) is 2. The first-order valence-corrected chi connectivity index (χ1v) is 5.99. The van der Waals surface area contributed by atoms with Crippen molar-refractivity contribution in [1.29, 1.82) is 0 Å². The van der Waals surface area contributed by atoms with Crippen LogP contribution in [-0.4, -0.2) is 16.6 Å². The van der Waals surface area contributed by atoms with E-state index in [2.05, 4.69) is 0 Å². The number of hydrogen-bond acceptors (Lipinski definition) is 5. The Balaban J connectivity index is 3.36. The molecule has 0 bridgehead atoms. The molecule has 6 nitrogen and oxygen atoms in total. The second kappa shape index (κ2) is 5.85. The van der Waals surface area contributed by atoms with Crippen molar-refractivity contribution in [2.45, 2.75) is 11.8 Å².